The summed E-state index contributed by atoms with van der Waals surface area (Å²) < 4.78 is 10.4. The van der Waals surface area contributed by atoms with Crippen LogP contribution in [0.3, 0.4) is 0 Å². The van der Waals surface area contributed by atoms with Gasteiger partial charge < -0.3 is 24.8 Å². The van der Waals surface area contributed by atoms with Gasteiger partial charge in [-0.2, -0.15) is 0 Å². The van der Waals surface area contributed by atoms with Crippen LogP contribution in [0.25, 0.3) is 10.9 Å². The zero-order valence-electron chi connectivity index (χ0n) is 15.9. The topological polar surface area (TPSA) is 127 Å². The Bertz CT molecular complexity index is 1050. The van der Waals surface area contributed by atoms with E-state index in [4.69, 9.17) is 14.9 Å². The first kappa shape index (κ1) is 19.5. The highest BCUT2D eigenvalue weighted by atomic mass is 32.2. The molecule has 0 aliphatic carbocycles. The Morgan fingerprint density at radius 2 is 2.21 bits per heavy atom. The van der Waals surface area contributed by atoms with Gasteiger partial charge in [0.05, 0.1) is 19.4 Å². The van der Waals surface area contributed by atoms with E-state index in [0.717, 1.165) is 33.9 Å². The second-order valence-corrected chi connectivity index (χ2v) is 7.61. The third-order valence-corrected chi connectivity index (χ3v) is 5.73. The Hall–Kier alpha value is -2.85. The molecule has 2 aromatic heterocycles. The van der Waals surface area contributed by atoms with Gasteiger partial charge in [0, 0.05) is 36.0 Å². The highest BCUT2D eigenvalue weighted by Crippen LogP contribution is 2.31. The first-order valence-corrected chi connectivity index (χ1v) is 10.2. The van der Waals surface area contributed by atoms with Crippen LogP contribution in [0.1, 0.15) is 17.1 Å². The molecular formula is C19H21N5O4S. The van der Waals surface area contributed by atoms with E-state index in [9.17, 15) is 9.59 Å². The van der Waals surface area contributed by atoms with Crippen LogP contribution >= 0.6 is 11.8 Å². The van der Waals surface area contributed by atoms with Gasteiger partial charge in [0.1, 0.15) is 6.04 Å². The number of nitrogens with one attached hydrogen (secondary N) is 1. The first-order valence-electron chi connectivity index (χ1n) is 9.21. The molecule has 0 spiro atoms. The van der Waals surface area contributed by atoms with Gasteiger partial charge in [0.2, 0.25) is 11.8 Å². The predicted octanol–water partition coefficient (Wildman–Crippen LogP) is 1.27. The average molecular weight is 415 g/mol. The highest BCUT2D eigenvalue weighted by molar-refractivity contribution is 7.99. The number of aromatic nitrogens is 3. The monoisotopic (exact) mass is 415 g/mol. The SMILES string of the molecule is COC(=O)C1Cc2c([nH]c3ccccc23)CN1C(=O)CSc1nnc(CCN)o1. The van der Waals surface area contributed by atoms with Gasteiger partial charge in [-0.15, -0.1) is 10.2 Å². The van der Waals surface area contributed by atoms with Crippen molar-refractivity contribution < 1.29 is 18.7 Å². The lowest BCUT2D eigenvalue weighted by atomic mass is 9.96. The number of hydrogen-bond donors (Lipinski definition) is 2. The van der Waals surface area contributed by atoms with Crippen molar-refractivity contribution in [3.63, 3.8) is 0 Å². The molecule has 29 heavy (non-hydrogen) atoms. The number of nitrogens with two attached hydrogens (primary N) is 1. The Morgan fingerprint density at radius 3 is 3.00 bits per heavy atom. The lowest BCUT2D eigenvalue weighted by molar-refractivity contribution is -0.153. The summed E-state index contributed by atoms with van der Waals surface area (Å²) >= 11 is 1.14. The Kier molecular flexibility index (Phi) is 5.54. The van der Waals surface area contributed by atoms with Gasteiger partial charge >= 0.3 is 5.97 Å². The van der Waals surface area contributed by atoms with E-state index in [1.807, 2.05) is 24.3 Å². The minimum Gasteiger partial charge on any atom is -0.467 e. The fraction of sp³-hybridized carbons (Fsp3) is 0.368. The summed E-state index contributed by atoms with van der Waals surface area (Å²) in [4.78, 5) is 30.3. The molecule has 1 aliphatic rings. The number of fused-ring (bicyclic) bond motifs is 3. The maximum atomic E-state index is 12.9. The number of para-hydroxylation sites is 1. The quantitative estimate of drug-likeness (QED) is 0.455. The van der Waals surface area contributed by atoms with Crippen molar-refractivity contribution in [2.45, 2.75) is 30.7 Å². The summed E-state index contributed by atoms with van der Waals surface area (Å²) in [6.07, 6.45) is 0.894. The molecule has 0 radical (unpaired) electrons. The molecule has 0 bridgehead atoms. The number of carbonyl (C=O) groups is 2. The molecule has 0 saturated heterocycles. The van der Waals surface area contributed by atoms with Crippen molar-refractivity contribution in [1.82, 2.24) is 20.1 Å². The van der Waals surface area contributed by atoms with Gasteiger partial charge in [0.15, 0.2) is 0 Å². The molecule has 10 heteroatoms. The van der Waals surface area contributed by atoms with Crippen molar-refractivity contribution in [2.24, 2.45) is 5.73 Å². The molecule has 1 aromatic carbocycles. The van der Waals surface area contributed by atoms with Crippen LogP contribution < -0.4 is 5.73 Å². The second-order valence-electron chi connectivity index (χ2n) is 6.68. The Morgan fingerprint density at radius 1 is 1.38 bits per heavy atom. The van der Waals surface area contributed by atoms with E-state index in [1.54, 1.807) is 4.90 Å². The number of rotatable bonds is 6. The summed E-state index contributed by atoms with van der Waals surface area (Å²) in [7, 11) is 1.34. The number of thioether (sulfide) groups is 1. The van der Waals surface area contributed by atoms with Gasteiger partial charge in [-0.25, -0.2) is 4.79 Å². The first-order chi connectivity index (χ1) is 14.1. The highest BCUT2D eigenvalue weighted by Gasteiger charge is 2.37. The average Bonchev–Trinajstić information content (AvgIpc) is 3.34. The van der Waals surface area contributed by atoms with Crippen LogP contribution in [-0.4, -0.2) is 57.4 Å². The van der Waals surface area contributed by atoms with Crippen molar-refractivity contribution in [1.29, 1.82) is 0 Å². The number of amides is 1. The molecule has 1 atom stereocenters. The van der Waals surface area contributed by atoms with Crippen LogP contribution in [0.4, 0.5) is 0 Å². The third kappa shape index (κ3) is 3.85. The van der Waals surface area contributed by atoms with Crippen LogP contribution in [0.5, 0.6) is 0 Å². The molecule has 1 aliphatic heterocycles. The molecule has 3 N–H and O–H groups in total. The fourth-order valence-electron chi connectivity index (χ4n) is 3.54. The van der Waals surface area contributed by atoms with E-state index in [2.05, 4.69) is 15.2 Å². The third-order valence-electron chi connectivity index (χ3n) is 4.92. The molecular weight excluding hydrogens is 394 g/mol. The minimum atomic E-state index is -0.671. The number of H-pyrrole nitrogens is 1. The van der Waals surface area contributed by atoms with Gasteiger partial charge in [-0.3, -0.25) is 4.79 Å². The van der Waals surface area contributed by atoms with Gasteiger partial charge in [-0.1, -0.05) is 30.0 Å². The largest absolute Gasteiger partial charge is 0.467 e. The Balaban J connectivity index is 1.53. The number of nitrogens with zero attached hydrogens (tertiary/aromatic N) is 3. The summed E-state index contributed by atoms with van der Waals surface area (Å²) in [5.74, 6) is -0.112. The van der Waals surface area contributed by atoms with E-state index < -0.39 is 12.0 Å². The maximum Gasteiger partial charge on any atom is 0.328 e. The number of esters is 1. The molecule has 0 fully saturated rings. The van der Waals surface area contributed by atoms with E-state index in [0.29, 0.717) is 37.0 Å². The molecule has 4 rings (SSSR count). The van der Waals surface area contributed by atoms with Crippen LogP contribution in [0.2, 0.25) is 0 Å². The summed E-state index contributed by atoms with van der Waals surface area (Å²) in [5.41, 5.74) is 8.45. The normalized spacial score (nSPS) is 16.1. The van der Waals surface area contributed by atoms with Gasteiger partial charge in [0.25, 0.3) is 5.22 Å². The van der Waals surface area contributed by atoms with Crippen LogP contribution in [0, 0.1) is 0 Å². The predicted molar refractivity (Wildman–Crippen MR) is 106 cm³/mol. The maximum absolute atomic E-state index is 12.9. The zero-order chi connectivity index (χ0) is 20.4. The smallest absolute Gasteiger partial charge is 0.328 e. The van der Waals surface area contributed by atoms with Crippen molar-refractivity contribution in [3.05, 3.63) is 41.4 Å². The lowest BCUT2D eigenvalue weighted by Crippen LogP contribution is -2.49. The molecule has 152 valence electrons. The van der Waals surface area contributed by atoms with Crippen LogP contribution in [0.15, 0.2) is 33.9 Å². The number of methoxy groups -OCH3 is 1. The second kappa shape index (κ2) is 8.26. The van der Waals surface area contributed by atoms with Crippen molar-refractivity contribution in [2.75, 3.05) is 19.4 Å². The Labute approximate surface area is 171 Å². The van der Waals surface area contributed by atoms with Crippen molar-refractivity contribution >= 4 is 34.5 Å². The summed E-state index contributed by atoms with van der Waals surface area (Å²) in [5, 5.41) is 9.17. The molecule has 1 amide bonds. The summed E-state index contributed by atoms with van der Waals surface area (Å²) in [6.45, 7) is 0.720. The van der Waals surface area contributed by atoms with Crippen LogP contribution in [-0.2, 0) is 33.7 Å². The molecule has 1 unspecified atom stereocenters. The number of ether oxygens (including phenoxy) is 1. The number of aromatic amines is 1. The molecule has 0 saturated carbocycles. The summed E-state index contributed by atoms with van der Waals surface area (Å²) in [6, 6.07) is 7.24. The number of hydrogen-bond acceptors (Lipinski definition) is 8. The molecule has 3 aromatic rings. The lowest BCUT2D eigenvalue weighted by Gasteiger charge is -2.33. The standard InChI is InChI=1S/C19H21N5O4S/c1-27-18(26)15-8-12-11-4-2-3-5-13(11)21-14(12)9-24(15)17(25)10-29-19-23-22-16(28-19)6-7-20/h2-5,15,21H,6-10,20H2,1H3. The fourth-order valence-corrected chi connectivity index (χ4v) is 4.21. The van der Waals surface area contributed by atoms with Gasteiger partial charge in [-0.05, 0) is 11.6 Å². The molecule has 3 heterocycles. The van der Waals surface area contributed by atoms with Crippen molar-refractivity contribution in [3.8, 4) is 0 Å². The molecule has 9 nitrogen and oxygen atoms in total. The number of benzene rings is 1. The zero-order valence-corrected chi connectivity index (χ0v) is 16.7. The van der Waals surface area contributed by atoms with E-state index in [-0.39, 0.29) is 11.7 Å². The van der Waals surface area contributed by atoms with E-state index >= 15 is 0 Å². The minimum absolute atomic E-state index is 0.0767. The van der Waals surface area contributed by atoms with E-state index in [1.165, 1.54) is 7.11 Å². The number of carbonyl (C=O) groups excluding carboxylic acids is 2.